The van der Waals surface area contributed by atoms with E-state index in [1.165, 1.54) is 12.1 Å². The smallest absolute Gasteiger partial charge is 0.406 e. The molecule has 1 aliphatic heterocycles. The summed E-state index contributed by atoms with van der Waals surface area (Å²) in [5.41, 5.74) is 0.232. The molecule has 2 aliphatic carbocycles. The first kappa shape index (κ1) is 17.6. The molecule has 2 bridgehead atoms. The summed E-state index contributed by atoms with van der Waals surface area (Å²) in [6, 6.07) is 4.60. The SMILES string of the molecule is O=C(CN1C(=O)[C@@H]2[C@H](C1=O)[C@@H]1C=C[C@H]2C1)Nc1ccc(OC(F)(F)F)cc1. The average molecular weight is 380 g/mol. The van der Waals surface area contributed by atoms with Gasteiger partial charge in [0.15, 0.2) is 0 Å². The van der Waals surface area contributed by atoms with Gasteiger partial charge in [0.25, 0.3) is 0 Å². The third-order valence-corrected chi connectivity index (χ3v) is 5.24. The van der Waals surface area contributed by atoms with Gasteiger partial charge in [0.05, 0.1) is 11.8 Å². The van der Waals surface area contributed by atoms with Crippen molar-refractivity contribution in [3.8, 4) is 5.75 Å². The minimum Gasteiger partial charge on any atom is -0.406 e. The van der Waals surface area contributed by atoms with Crippen molar-refractivity contribution in [3.05, 3.63) is 36.4 Å². The maximum Gasteiger partial charge on any atom is 0.573 e. The third kappa shape index (κ3) is 3.17. The Hall–Kier alpha value is -2.84. The number of nitrogens with one attached hydrogen (secondary N) is 1. The number of benzene rings is 1. The van der Waals surface area contributed by atoms with E-state index in [1.54, 1.807) is 0 Å². The molecule has 3 amide bonds. The van der Waals surface area contributed by atoms with E-state index in [4.69, 9.17) is 0 Å². The van der Waals surface area contributed by atoms with Gasteiger partial charge in [-0.1, -0.05) is 12.2 Å². The van der Waals surface area contributed by atoms with Crippen LogP contribution in [0.1, 0.15) is 6.42 Å². The lowest BCUT2D eigenvalue weighted by atomic mass is 9.85. The van der Waals surface area contributed by atoms with Crippen molar-refractivity contribution in [1.29, 1.82) is 0 Å². The first-order chi connectivity index (χ1) is 12.7. The van der Waals surface area contributed by atoms with E-state index in [1.807, 2.05) is 12.2 Å². The number of hydrogen-bond donors (Lipinski definition) is 1. The highest BCUT2D eigenvalue weighted by Crippen LogP contribution is 2.52. The van der Waals surface area contributed by atoms with Crippen LogP contribution in [-0.4, -0.2) is 35.5 Å². The number of likely N-dealkylation sites (tertiary alicyclic amines) is 1. The van der Waals surface area contributed by atoms with Gasteiger partial charge in [0, 0.05) is 5.69 Å². The van der Waals surface area contributed by atoms with Gasteiger partial charge in [-0.15, -0.1) is 13.2 Å². The molecular weight excluding hydrogens is 365 g/mol. The molecule has 0 radical (unpaired) electrons. The van der Waals surface area contributed by atoms with E-state index in [9.17, 15) is 27.6 Å². The molecule has 4 rings (SSSR count). The van der Waals surface area contributed by atoms with E-state index >= 15 is 0 Å². The van der Waals surface area contributed by atoms with E-state index in [2.05, 4.69) is 10.1 Å². The maximum absolute atomic E-state index is 12.5. The monoisotopic (exact) mass is 380 g/mol. The number of ether oxygens (including phenoxy) is 1. The highest BCUT2D eigenvalue weighted by Gasteiger charge is 2.59. The van der Waals surface area contributed by atoms with Crippen LogP contribution in [0.3, 0.4) is 0 Å². The van der Waals surface area contributed by atoms with Crippen molar-refractivity contribution in [2.75, 3.05) is 11.9 Å². The van der Waals surface area contributed by atoms with Crippen LogP contribution in [0, 0.1) is 23.7 Å². The summed E-state index contributed by atoms with van der Waals surface area (Å²) in [6.45, 7) is -0.412. The Morgan fingerprint density at radius 2 is 1.63 bits per heavy atom. The quantitative estimate of drug-likeness (QED) is 0.643. The first-order valence-electron chi connectivity index (χ1n) is 8.42. The number of allylic oxidation sites excluding steroid dienone is 2. The molecule has 1 heterocycles. The van der Waals surface area contributed by atoms with Gasteiger partial charge in [-0.3, -0.25) is 19.3 Å². The van der Waals surface area contributed by atoms with Gasteiger partial charge < -0.3 is 10.1 Å². The minimum absolute atomic E-state index is 0.0608. The number of imide groups is 1. The Balaban J connectivity index is 1.37. The highest BCUT2D eigenvalue weighted by molar-refractivity contribution is 6.09. The number of anilines is 1. The van der Waals surface area contributed by atoms with Gasteiger partial charge in [0.1, 0.15) is 12.3 Å². The molecule has 0 aromatic heterocycles. The van der Waals surface area contributed by atoms with E-state index in [0.29, 0.717) is 0 Å². The molecule has 0 unspecified atom stereocenters. The lowest BCUT2D eigenvalue weighted by Gasteiger charge is -2.17. The number of hydrogen-bond acceptors (Lipinski definition) is 4. The van der Waals surface area contributed by atoms with Crippen molar-refractivity contribution in [3.63, 3.8) is 0 Å². The summed E-state index contributed by atoms with van der Waals surface area (Å²) in [6.07, 6.45) is -0.0664. The molecule has 1 N–H and O–H groups in total. The Morgan fingerprint density at radius 1 is 1.07 bits per heavy atom. The number of amides is 3. The van der Waals surface area contributed by atoms with Gasteiger partial charge in [0.2, 0.25) is 17.7 Å². The molecule has 1 aromatic carbocycles. The third-order valence-electron chi connectivity index (χ3n) is 5.24. The molecule has 3 aliphatic rings. The topological polar surface area (TPSA) is 75.7 Å². The summed E-state index contributed by atoms with van der Waals surface area (Å²) in [5, 5.41) is 2.47. The zero-order chi connectivity index (χ0) is 19.3. The largest absolute Gasteiger partial charge is 0.573 e. The molecule has 27 heavy (non-hydrogen) atoms. The van der Waals surface area contributed by atoms with E-state index in [0.717, 1.165) is 23.5 Å². The Kier molecular flexibility index (Phi) is 3.97. The molecule has 9 heteroatoms. The number of alkyl halides is 3. The van der Waals surface area contributed by atoms with E-state index in [-0.39, 0.29) is 41.2 Å². The zero-order valence-corrected chi connectivity index (χ0v) is 13.9. The van der Waals surface area contributed by atoms with E-state index < -0.39 is 24.6 Å². The summed E-state index contributed by atoms with van der Waals surface area (Å²) < 4.78 is 40.2. The maximum atomic E-state index is 12.5. The highest BCUT2D eigenvalue weighted by atomic mass is 19.4. The number of fused-ring (bicyclic) bond motifs is 5. The lowest BCUT2D eigenvalue weighted by Crippen LogP contribution is -2.39. The molecule has 1 saturated carbocycles. The summed E-state index contributed by atoms with van der Waals surface area (Å²) in [7, 11) is 0. The van der Waals surface area contributed by atoms with Crippen molar-refractivity contribution in [1.82, 2.24) is 4.90 Å². The Labute approximate surface area is 152 Å². The predicted octanol–water partition coefficient (Wildman–Crippen LogP) is 2.33. The lowest BCUT2D eigenvalue weighted by molar-refractivity contribution is -0.274. The summed E-state index contributed by atoms with van der Waals surface area (Å²) in [5.74, 6) is -2.30. The zero-order valence-electron chi connectivity index (χ0n) is 13.9. The second-order valence-corrected chi connectivity index (χ2v) is 6.88. The van der Waals surface area contributed by atoms with Gasteiger partial charge in [-0.05, 0) is 42.5 Å². The second-order valence-electron chi connectivity index (χ2n) is 6.88. The number of halogens is 3. The molecule has 6 nitrogen and oxygen atoms in total. The molecule has 1 saturated heterocycles. The van der Waals surface area contributed by atoms with Crippen LogP contribution >= 0.6 is 0 Å². The number of nitrogens with zero attached hydrogens (tertiary/aromatic N) is 1. The van der Waals surface area contributed by atoms with Crippen LogP contribution in [0.4, 0.5) is 18.9 Å². The average Bonchev–Trinajstić information content (AvgIpc) is 3.25. The fraction of sp³-hybridized carbons (Fsp3) is 0.389. The molecule has 4 atom stereocenters. The van der Waals surface area contributed by atoms with Crippen molar-refractivity contribution < 1.29 is 32.3 Å². The summed E-state index contributed by atoms with van der Waals surface area (Å²) in [4.78, 5) is 38.2. The first-order valence-corrected chi connectivity index (χ1v) is 8.42. The van der Waals surface area contributed by atoms with Crippen molar-refractivity contribution in [2.24, 2.45) is 23.7 Å². The van der Waals surface area contributed by atoms with Crippen molar-refractivity contribution in [2.45, 2.75) is 12.8 Å². The van der Waals surface area contributed by atoms with Gasteiger partial charge in [-0.2, -0.15) is 0 Å². The molecule has 2 fully saturated rings. The van der Waals surface area contributed by atoms with Crippen LogP contribution in [0.15, 0.2) is 36.4 Å². The normalized spacial score (nSPS) is 28.6. The molecule has 142 valence electrons. The van der Waals surface area contributed by atoms with Crippen LogP contribution in [-0.2, 0) is 14.4 Å². The van der Waals surface area contributed by atoms with Crippen LogP contribution in [0.2, 0.25) is 0 Å². The summed E-state index contributed by atoms with van der Waals surface area (Å²) >= 11 is 0. The van der Waals surface area contributed by atoms with Crippen LogP contribution in [0.25, 0.3) is 0 Å². The van der Waals surface area contributed by atoms with Gasteiger partial charge >= 0.3 is 6.36 Å². The number of carbonyl (C=O) groups is 3. The molecular formula is C18H15F3N2O4. The second kappa shape index (κ2) is 6.11. The number of carbonyl (C=O) groups excluding carboxylic acids is 3. The standard InChI is InChI=1S/C18H15F3N2O4/c19-18(20,21)27-12-5-3-11(4-6-12)22-13(24)8-23-16(25)14-9-1-2-10(7-9)15(14)17(23)26/h1-6,9-10,14-15H,7-8H2,(H,22,24)/t9-,10+,14-,15+. The molecule has 0 spiro atoms. The van der Waals surface area contributed by atoms with Gasteiger partial charge in [-0.25, -0.2) is 0 Å². The van der Waals surface area contributed by atoms with Crippen LogP contribution < -0.4 is 10.1 Å². The Bertz CT molecular complexity index is 804. The fourth-order valence-corrected chi connectivity index (χ4v) is 4.20. The Morgan fingerprint density at radius 3 is 2.15 bits per heavy atom. The predicted molar refractivity (Wildman–Crippen MR) is 86.2 cm³/mol. The van der Waals surface area contributed by atoms with Crippen LogP contribution in [0.5, 0.6) is 5.75 Å². The fourth-order valence-electron chi connectivity index (χ4n) is 4.20. The van der Waals surface area contributed by atoms with Crippen molar-refractivity contribution >= 4 is 23.4 Å². The minimum atomic E-state index is -4.80. The number of rotatable bonds is 4. The molecule has 1 aromatic rings.